The van der Waals surface area contributed by atoms with Crippen molar-refractivity contribution < 1.29 is 13.9 Å². The highest BCUT2D eigenvalue weighted by atomic mass is 19.1. The van der Waals surface area contributed by atoms with Gasteiger partial charge in [0.05, 0.1) is 0 Å². The summed E-state index contributed by atoms with van der Waals surface area (Å²) < 4.78 is 18.3. The quantitative estimate of drug-likeness (QED) is 0.848. The molecule has 0 spiro atoms. The number of hydrogen-bond acceptors (Lipinski definition) is 5. The van der Waals surface area contributed by atoms with E-state index in [4.69, 9.17) is 4.42 Å². The number of aromatic amines is 1. The SMILES string of the molecule is CC(F)c1nc2oc(=O)cc(CCCC3(CO)CC3)c2c(=O)[nH]1. The first-order valence-electron chi connectivity index (χ1n) is 7.76. The van der Waals surface area contributed by atoms with Crippen LogP contribution in [0.15, 0.2) is 20.1 Å². The average molecular weight is 322 g/mol. The molecule has 1 fully saturated rings. The summed E-state index contributed by atoms with van der Waals surface area (Å²) in [6.45, 7) is 1.42. The molecule has 23 heavy (non-hydrogen) atoms. The first-order valence-corrected chi connectivity index (χ1v) is 7.76. The minimum Gasteiger partial charge on any atom is -0.403 e. The van der Waals surface area contributed by atoms with Crippen molar-refractivity contribution in [2.24, 2.45) is 5.41 Å². The summed E-state index contributed by atoms with van der Waals surface area (Å²) in [6.07, 6.45) is 2.68. The van der Waals surface area contributed by atoms with E-state index in [0.717, 1.165) is 25.7 Å². The van der Waals surface area contributed by atoms with Crippen LogP contribution in [0.25, 0.3) is 11.1 Å². The lowest BCUT2D eigenvalue weighted by molar-refractivity contribution is 0.201. The van der Waals surface area contributed by atoms with E-state index in [0.29, 0.717) is 12.0 Å². The highest BCUT2D eigenvalue weighted by Gasteiger charge is 2.40. The summed E-state index contributed by atoms with van der Waals surface area (Å²) in [5, 5.41) is 9.53. The average Bonchev–Trinajstić information content (AvgIpc) is 3.26. The maximum Gasteiger partial charge on any atom is 0.337 e. The maximum atomic E-state index is 13.3. The Bertz CT molecular complexity index is 836. The van der Waals surface area contributed by atoms with Crippen molar-refractivity contribution in [1.29, 1.82) is 0 Å². The fourth-order valence-electron chi connectivity index (χ4n) is 2.87. The largest absolute Gasteiger partial charge is 0.403 e. The van der Waals surface area contributed by atoms with Gasteiger partial charge in [0.15, 0.2) is 6.17 Å². The van der Waals surface area contributed by atoms with Crippen LogP contribution >= 0.6 is 0 Å². The Hall–Kier alpha value is -2.02. The van der Waals surface area contributed by atoms with Crippen LogP contribution in [0.3, 0.4) is 0 Å². The zero-order valence-electron chi connectivity index (χ0n) is 12.9. The Labute approximate surface area is 131 Å². The molecule has 6 nitrogen and oxygen atoms in total. The monoisotopic (exact) mass is 322 g/mol. The van der Waals surface area contributed by atoms with Gasteiger partial charge in [0.25, 0.3) is 5.56 Å². The zero-order chi connectivity index (χ0) is 16.6. The molecule has 2 aromatic heterocycles. The van der Waals surface area contributed by atoms with Gasteiger partial charge in [-0.3, -0.25) is 4.79 Å². The van der Waals surface area contributed by atoms with Gasteiger partial charge in [-0.05, 0) is 50.0 Å². The van der Waals surface area contributed by atoms with Gasteiger partial charge in [0.2, 0.25) is 5.71 Å². The number of fused-ring (bicyclic) bond motifs is 1. The number of nitrogens with one attached hydrogen (secondary N) is 1. The van der Waals surface area contributed by atoms with E-state index in [1.807, 2.05) is 0 Å². The predicted octanol–water partition coefficient (Wildman–Crippen LogP) is 2.00. The fraction of sp³-hybridized carbons (Fsp3) is 0.562. The van der Waals surface area contributed by atoms with Crippen LogP contribution in [0, 0.1) is 5.41 Å². The van der Waals surface area contributed by atoms with Gasteiger partial charge in [0.1, 0.15) is 11.2 Å². The van der Waals surface area contributed by atoms with Crippen molar-refractivity contribution in [2.75, 3.05) is 6.61 Å². The highest BCUT2D eigenvalue weighted by Crippen LogP contribution is 2.49. The lowest BCUT2D eigenvalue weighted by Gasteiger charge is -2.11. The number of aliphatic hydroxyl groups excluding tert-OH is 1. The van der Waals surface area contributed by atoms with E-state index in [1.165, 1.54) is 13.0 Å². The first kappa shape index (κ1) is 15.9. The molecule has 2 aromatic rings. The van der Waals surface area contributed by atoms with Crippen molar-refractivity contribution in [1.82, 2.24) is 9.97 Å². The molecular weight excluding hydrogens is 303 g/mol. The molecule has 0 saturated heterocycles. The number of aliphatic hydroxyl groups is 1. The van der Waals surface area contributed by atoms with Crippen LogP contribution in [-0.4, -0.2) is 21.7 Å². The standard InChI is InChI=1S/C16H19FN2O4/c1-9(17)13-18-14(22)12-10(7-11(21)23-15(12)19-13)3-2-4-16(8-20)5-6-16/h7,9,20H,2-6,8H2,1H3,(H,18,19,22). The third-order valence-corrected chi connectivity index (χ3v) is 4.54. The number of H-pyrrole nitrogens is 1. The lowest BCUT2D eigenvalue weighted by Crippen LogP contribution is -2.17. The van der Waals surface area contributed by atoms with Gasteiger partial charge in [-0.2, -0.15) is 4.98 Å². The van der Waals surface area contributed by atoms with Crippen molar-refractivity contribution >= 4 is 11.1 Å². The molecule has 1 aliphatic carbocycles. The molecule has 0 bridgehead atoms. The van der Waals surface area contributed by atoms with Crippen LogP contribution in [0.2, 0.25) is 0 Å². The molecule has 1 unspecified atom stereocenters. The molecule has 0 aromatic carbocycles. The van der Waals surface area contributed by atoms with Gasteiger partial charge >= 0.3 is 5.63 Å². The van der Waals surface area contributed by atoms with Gasteiger partial charge in [0, 0.05) is 12.7 Å². The second-order valence-corrected chi connectivity index (χ2v) is 6.35. The minimum atomic E-state index is -1.46. The van der Waals surface area contributed by atoms with Crippen molar-refractivity contribution in [3.8, 4) is 0 Å². The Morgan fingerprint density at radius 3 is 2.83 bits per heavy atom. The second-order valence-electron chi connectivity index (χ2n) is 6.35. The van der Waals surface area contributed by atoms with Crippen molar-refractivity contribution in [3.05, 3.63) is 38.2 Å². The topological polar surface area (TPSA) is 96.2 Å². The Morgan fingerprint density at radius 1 is 1.48 bits per heavy atom. The van der Waals surface area contributed by atoms with E-state index < -0.39 is 17.4 Å². The van der Waals surface area contributed by atoms with E-state index in [2.05, 4.69) is 9.97 Å². The minimum absolute atomic E-state index is 0.0246. The summed E-state index contributed by atoms with van der Waals surface area (Å²) in [7, 11) is 0. The van der Waals surface area contributed by atoms with Crippen LogP contribution in [0.5, 0.6) is 0 Å². The molecule has 3 rings (SSSR count). The zero-order valence-corrected chi connectivity index (χ0v) is 12.9. The van der Waals surface area contributed by atoms with Crippen LogP contribution in [0.4, 0.5) is 4.39 Å². The van der Waals surface area contributed by atoms with Crippen LogP contribution in [-0.2, 0) is 6.42 Å². The number of rotatable bonds is 6. The summed E-state index contributed by atoms with van der Waals surface area (Å²) in [4.78, 5) is 30.2. The van der Waals surface area contributed by atoms with Crippen LogP contribution in [0.1, 0.15) is 50.2 Å². The van der Waals surface area contributed by atoms with E-state index in [-0.39, 0.29) is 28.9 Å². The molecule has 1 atom stereocenters. The number of nitrogens with zero attached hydrogens (tertiary/aromatic N) is 1. The number of hydrogen-bond donors (Lipinski definition) is 2. The number of aromatic nitrogens is 2. The Kier molecular flexibility index (Phi) is 4.06. The summed E-state index contributed by atoms with van der Waals surface area (Å²) in [6, 6.07) is 1.29. The number of halogens is 1. The fourth-order valence-corrected chi connectivity index (χ4v) is 2.87. The van der Waals surface area contributed by atoms with Gasteiger partial charge in [-0.25, -0.2) is 9.18 Å². The maximum absolute atomic E-state index is 13.3. The first-order chi connectivity index (χ1) is 10.9. The third kappa shape index (κ3) is 3.19. The summed E-state index contributed by atoms with van der Waals surface area (Å²) in [5.41, 5.74) is -0.657. The van der Waals surface area contributed by atoms with E-state index >= 15 is 0 Å². The molecule has 7 heteroatoms. The van der Waals surface area contributed by atoms with Crippen molar-refractivity contribution in [2.45, 2.75) is 45.2 Å². The molecule has 1 aliphatic rings. The van der Waals surface area contributed by atoms with Gasteiger partial charge < -0.3 is 14.5 Å². The molecule has 2 heterocycles. The van der Waals surface area contributed by atoms with Crippen LogP contribution < -0.4 is 11.2 Å². The lowest BCUT2D eigenvalue weighted by atomic mass is 9.97. The molecule has 0 aliphatic heterocycles. The summed E-state index contributed by atoms with van der Waals surface area (Å²) in [5.74, 6) is -0.153. The molecule has 2 N–H and O–H groups in total. The number of aryl methyl sites for hydroxylation is 1. The molecule has 0 amide bonds. The summed E-state index contributed by atoms with van der Waals surface area (Å²) >= 11 is 0. The Morgan fingerprint density at radius 2 is 2.22 bits per heavy atom. The third-order valence-electron chi connectivity index (χ3n) is 4.54. The van der Waals surface area contributed by atoms with Gasteiger partial charge in [-0.1, -0.05) is 0 Å². The Balaban J connectivity index is 1.93. The normalized spacial score (nSPS) is 17.3. The molecule has 1 saturated carbocycles. The van der Waals surface area contributed by atoms with E-state index in [9.17, 15) is 19.1 Å². The molecule has 0 radical (unpaired) electrons. The van der Waals surface area contributed by atoms with Crippen molar-refractivity contribution in [3.63, 3.8) is 0 Å². The number of alkyl halides is 1. The van der Waals surface area contributed by atoms with E-state index in [1.54, 1.807) is 0 Å². The predicted molar refractivity (Wildman–Crippen MR) is 82.1 cm³/mol. The second kappa shape index (κ2) is 5.88. The van der Waals surface area contributed by atoms with Gasteiger partial charge in [-0.15, -0.1) is 0 Å². The molecular formula is C16H19FN2O4. The molecule has 124 valence electrons. The highest BCUT2D eigenvalue weighted by molar-refractivity contribution is 5.75. The smallest absolute Gasteiger partial charge is 0.337 e.